The van der Waals surface area contributed by atoms with Crippen LogP contribution in [0.4, 0.5) is 0 Å². The van der Waals surface area contributed by atoms with Gasteiger partial charge >= 0.3 is 0 Å². The summed E-state index contributed by atoms with van der Waals surface area (Å²) in [6.45, 7) is 2.49. The van der Waals surface area contributed by atoms with Crippen LogP contribution in [0.3, 0.4) is 0 Å². The van der Waals surface area contributed by atoms with Crippen molar-refractivity contribution < 1.29 is 4.42 Å². The molecule has 21 heavy (non-hydrogen) atoms. The summed E-state index contributed by atoms with van der Waals surface area (Å²) in [5, 5.41) is 10.6. The first-order chi connectivity index (χ1) is 10.2. The van der Waals surface area contributed by atoms with Crippen molar-refractivity contribution in [3.8, 4) is 0 Å². The van der Waals surface area contributed by atoms with Crippen molar-refractivity contribution in [2.75, 3.05) is 0 Å². The van der Waals surface area contributed by atoms with Crippen LogP contribution in [0.15, 0.2) is 51.6 Å². The summed E-state index contributed by atoms with van der Waals surface area (Å²) in [7, 11) is 0. The molecule has 1 atom stereocenters. The molecule has 2 aromatic heterocycles. The average molecular weight is 347 g/mol. The van der Waals surface area contributed by atoms with Crippen LogP contribution in [0.5, 0.6) is 0 Å². The Hall–Kier alpha value is -1.92. The van der Waals surface area contributed by atoms with Gasteiger partial charge in [0.05, 0.1) is 12.6 Å². The highest BCUT2D eigenvalue weighted by Crippen LogP contribution is 2.20. The predicted molar refractivity (Wildman–Crippen MR) is 82.7 cm³/mol. The van der Waals surface area contributed by atoms with Crippen molar-refractivity contribution >= 4 is 15.9 Å². The smallest absolute Gasteiger partial charge is 0.172 e. The van der Waals surface area contributed by atoms with Gasteiger partial charge in [-0.25, -0.2) is 4.98 Å². The van der Waals surface area contributed by atoms with Crippen molar-refractivity contribution in [1.29, 1.82) is 0 Å². The number of aromatic nitrogens is 3. The van der Waals surface area contributed by atoms with Crippen molar-refractivity contribution in [3.05, 3.63) is 70.1 Å². The van der Waals surface area contributed by atoms with Crippen LogP contribution in [0.2, 0.25) is 0 Å². The molecule has 2 N–H and O–H groups in total. The first kappa shape index (κ1) is 14.0. The molecule has 108 valence electrons. The number of furan rings is 1. The lowest BCUT2D eigenvalue weighted by molar-refractivity contribution is 0.449. The fraction of sp³-hybridized carbons (Fsp3) is 0.200. The predicted octanol–water partition coefficient (Wildman–Crippen LogP) is 3.35. The van der Waals surface area contributed by atoms with E-state index in [1.807, 2.05) is 37.3 Å². The van der Waals surface area contributed by atoms with Crippen LogP contribution in [0.25, 0.3) is 0 Å². The number of hydrogen-bond acceptors (Lipinski definition) is 4. The van der Waals surface area contributed by atoms with Crippen LogP contribution < -0.4 is 5.32 Å². The van der Waals surface area contributed by atoms with Gasteiger partial charge in [0.25, 0.3) is 0 Å². The minimum Gasteiger partial charge on any atom is -0.453 e. The molecule has 0 aliphatic heterocycles. The molecule has 1 unspecified atom stereocenters. The van der Waals surface area contributed by atoms with E-state index in [1.165, 1.54) is 0 Å². The van der Waals surface area contributed by atoms with Gasteiger partial charge in [0.15, 0.2) is 10.5 Å². The molecule has 0 aliphatic carbocycles. The summed E-state index contributed by atoms with van der Waals surface area (Å²) in [5.41, 5.74) is 1.11. The van der Waals surface area contributed by atoms with Crippen LogP contribution >= 0.6 is 15.9 Å². The Balaban J connectivity index is 1.82. The molecule has 3 rings (SSSR count). The van der Waals surface area contributed by atoms with Crippen molar-refractivity contribution in [2.24, 2.45) is 0 Å². The standard InChI is InChI=1S/C15H15BrN4O/c1-10-18-15(20-19-10)14(11-5-3-2-4-6-11)17-9-12-7-8-13(16)21-12/h2-8,14,17H,9H2,1H3,(H,18,19,20). The molecule has 0 amide bonds. The molecular formula is C15H15BrN4O. The molecule has 0 spiro atoms. The summed E-state index contributed by atoms with van der Waals surface area (Å²) in [6, 6.07) is 13.9. The molecule has 0 saturated heterocycles. The Morgan fingerprint density at radius 2 is 2.05 bits per heavy atom. The Bertz CT molecular complexity index is 707. The van der Waals surface area contributed by atoms with Crippen molar-refractivity contribution in [3.63, 3.8) is 0 Å². The second kappa shape index (κ2) is 6.24. The normalized spacial score (nSPS) is 12.5. The molecule has 6 heteroatoms. The molecule has 0 bridgehead atoms. The number of H-pyrrole nitrogens is 1. The zero-order chi connectivity index (χ0) is 14.7. The highest BCUT2D eigenvalue weighted by molar-refractivity contribution is 9.10. The monoisotopic (exact) mass is 346 g/mol. The summed E-state index contributed by atoms with van der Waals surface area (Å²) >= 11 is 3.31. The van der Waals surface area contributed by atoms with Gasteiger partial charge in [-0.15, -0.1) is 0 Å². The quantitative estimate of drug-likeness (QED) is 0.743. The second-order valence-corrected chi connectivity index (χ2v) is 5.49. The van der Waals surface area contributed by atoms with Crippen molar-refractivity contribution in [2.45, 2.75) is 19.5 Å². The number of halogens is 1. The van der Waals surface area contributed by atoms with Crippen molar-refractivity contribution in [1.82, 2.24) is 20.5 Å². The van der Waals surface area contributed by atoms with E-state index in [0.717, 1.165) is 27.6 Å². The zero-order valence-electron chi connectivity index (χ0n) is 11.5. The fourth-order valence-corrected chi connectivity index (χ4v) is 2.48. The zero-order valence-corrected chi connectivity index (χ0v) is 13.1. The van der Waals surface area contributed by atoms with Crippen LogP contribution in [0.1, 0.15) is 29.0 Å². The lowest BCUT2D eigenvalue weighted by Gasteiger charge is -2.15. The number of nitrogens with zero attached hydrogens (tertiary/aromatic N) is 2. The number of aryl methyl sites for hydroxylation is 1. The maximum atomic E-state index is 5.52. The highest BCUT2D eigenvalue weighted by atomic mass is 79.9. The van der Waals surface area contributed by atoms with E-state index in [4.69, 9.17) is 4.42 Å². The molecule has 0 fully saturated rings. The lowest BCUT2D eigenvalue weighted by Crippen LogP contribution is -2.23. The summed E-state index contributed by atoms with van der Waals surface area (Å²) < 4.78 is 6.24. The van der Waals surface area contributed by atoms with Gasteiger partial charge < -0.3 is 4.42 Å². The minimum absolute atomic E-state index is 0.0833. The number of nitrogens with one attached hydrogen (secondary N) is 2. The highest BCUT2D eigenvalue weighted by Gasteiger charge is 2.18. The molecule has 1 aromatic carbocycles. The molecular weight excluding hydrogens is 332 g/mol. The first-order valence-electron chi connectivity index (χ1n) is 6.64. The molecule has 3 aromatic rings. The largest absolute Gasteiger partial charge is 0.453 e. The minimum atomic E-state index is -0.0833. The third-order valence-corrected chi connectivity index (χ3v) is 3.54. The lowest BCUT2D eigenvalue weighted by atomic mass is 10.1. The number of benzene rings is 1. The third kappa shape index (κ3) is 3.40. The summed E-state index contributed by atoms with van der Waals surface area (Å²) in [6.07, 6.45) is 0. The van der Waals surface area contributed by atoms with E-state index in [-0.39, 0.29) is 6.04 Å². The fourth-order valence-electron chi connectivity index (χ4n) is 2.14. The third-order valence-electron chi connectivity index (χ3n) is 3.11. The van der Waals surface area contributed by atoms with Gasteiger partial charge in [-0.1, -0.05) is 30.3 Å². The summed E-state index contributed by atoms with van der Waals surface area (Å²) in [4.78, 5) is 4.44. The average Bonchev–Trinajstić information content (AvgIpc) is 3.09. The summed E-state index contributed by atoms with van der Waals surface area (Å²) in [5.74, 6) is 2.38. The Labute approximate surface area is 130 Å². The molecule has 2 heterocycles. The van der Waals surface area contributed by atoms with Gasteiger partial charge in [0, 0.05) is 0 Å². The maximum absolute atomic E-state index is 5.52. The van der Waals surface area contributed by atoms with E-state index >= 15 is 0 Å². The van der Waals surface area contributed by atoms with Gasteiger partial charge in [-0.05, 0) is 40.5 Å². The van der Waals surface area contributed by atoms with Crippen LogP contribution in [-0.4, -0.2) is 15.2 Å². The number of rotatable bonds is 5. The van der Waals surface area contributed by atoms with Crippen LogP contribution in [-0.2, 0) is 6.54 Å². The van der Waals surface area contributed by atoms with Crippen LogP contribution in [0, 0.1) is 6.92 Å². The molecule has 5 nitrogen and oxygen atoms in total. The maximum Gasteiger partial charge on any atom is 0.172 e. The van der Waals surface area contributed by atoms with E-state index in [0.29, 0.717) is 6.54 Å². The first-order valence-corrected chi connectivity index (χ1v) is 7.43. The number of hydrogen-bond donors (Lipinski definition) is 2. The van der Waals surface area contributed by atoms with Gasteiger partial charge in [-0.2, -0.15) is 5.10 Å². The number of aromatic amines is 1. The van der Waals surface area contributed by atoms with E-state index in [2.05, 4.69) is 48.6 Å². The molecule has 0 saturated carbocycles. The SMILES string of the molecule is Cc1nc(C(NCc2ccc(Br)o2)c2ccccc2)n[nH]1. The van der Waals surface area contributed by atoms with Gasteiger partial charge in [-0.3, -0.25) is 10.4 Å². The van der Waals surface area contributed by atoms with Gasteiger partial charge in [0.1, 0.15) is 11.6 Å². The second-order valence-electron chi connectivity index (χ2n) is 4.71. The Morgan fingerprint density at radius 3 is 2.67 bits per heavy atom. The van der Waals surface area contributed by atoms with E-state index in [9.17, 15) is 0 Å². The van der Waals surface area contributed by atoms with Gasteiger partial charge in [0.2, 0.25) is 0 Å². The Kier molecular flexibility index (Phi) is 4.17. The molecule has 0 radical (unpaired) electrons. The Morgan fingerprint density at radius 1 is 1.24 bits per heavy atom. The van der Waals surface area contributed by atoms with E-state index < -0.39 is 0 Å². The van der Waals surface area contributed by atoms with E-state index in [1.54, 1.807) is 0 Å². The topological polar surface area (TPSA) is 66.7 Å². The molecule has 0 aliphatic rings.